The van der Waals surface area contributed by atoms with Crippen molar-refractivity contribution in [3.63, 3.8) is 0 Å². The van der Waals surface area contributed by atoms with Crippen LogP contribution in [0.3, 0.4) is 0 Å². The summed E-state index contributed by atoms with van der Waals surface area (Å²) in [6.07, 6.45) is 1.06. The minimum absolute atomic E-state index is 0.0850. The smallest absolute Gasteiger partial charge is 0.323 e. The van der Waals surface area contributed by atoms with Crippen molar-refractivity contribution >= 4 is 29.2 Å². The van der Waals surface area contributed by atoms with E-state index in [0.29, 0.717) is 41.1 Å². The maximum absolute atomic E-state index is 13.3. The summed E-state index contributed by atoms with van der Waals surface area (Å²) in [5.74, 6) is 0.0767. The van der Waals surface area contributed by atoms with Crippen molar-refractivity contribution in [1.29, 1.82) is 5.26 Å². The van der Waals surface area contributed by atoms with Crippen LogP contribution >= 0.6 is 0 Å². The van der Waals surface area contributed by atoms with E-state index in [1.807, 2.05) is 6.07 Å². The molecular formula is C25H27N5O5. The number of nitriles is 1. The van der Waals surface area contributed by atoms with Crippen LogP contribution in [0.5, 0.6) is 5.75 Å². The molecule has 2 aromatic rings. The summed E-state index contributed by atoms with van der Waals surface area (Å²) in [6, 6.07) is 12.7. The highest BCUT2D eigenvalue weighted by Crippen LogP contribution is 2.32. The molecule has 2 aromatic carbocycles. The predicted molar refractivity (Wildman–Crippen MR) is 128 cm³/mol. The van der Waals surface area contributed by atoms with Crippen molar-refractivity contribution in [3.05, 3.63) is 53.6 Å². The highest BCUT2D eigenvalue weighted by atomic mass is 16.5. The van der Waals surface area contributed by atoms with Gasteiger partial charge in [-0.25, -0.2) is 4.79 Å². The summed E-state index contributed by atoms with van der Waals surface area (Å²) in [7, 11) is 3.32. The van der Waals surface area contributed by atoms with Gasteiger partial charge >= 0.3 is 6.03 Å². The van der Waals surface area contributed by atoms with Gasteiger partial charge in [-0.1, -0.05) is 0 Å². The van der Waals surface area contributed by atoms with E-state index in [0.717, 1.165) is 0 Å². The molecule has 10 heteroatoms. The quantitative estimate of drug-likeness (QED) is 0.620. The summed E-state index contributed by atoms with van der Waals surface area (Å²) in [5.41, 5.74) is 1.80. The lowest BCUT2D eigenvalue weighted by Gasteiger charge is -2.42. The van der Waals surface area contributed by atoms with Crippen LogP contribution in [0.4, 0.5) is 16.2 Å². The minimum atomic E-state index is -0.481. The number of hydrogen-bond donors (Lipinski definition) is 3. The van der Waals surface area contributed by atoms with Gasteiger partial charge in [-0.05, 0) is 55.3 Å². The number of carbonyl (C=O) groups is 3. The van der Waals surface area contributed by atoms with Gasteiger partial charge in [0, 0.05) is 25.5 Å². The van der Waals surface area contributed by atoms with Gasteiger partial charge in [0.05, 0.1) is 35.8 Å². The first-order valence-electron chi connectivity index (χ1n) is 11.4. The van der Waals surface area contributed by atoms with Crippen LogP contribution in [-0.4, -0.2) is 61.7 Å². The number of fused-ring (bicyclic) bond motifs is 2. The van der Waals surface area contributed by atoms with E-state index >= 15 is 0 Å². The highest BCUT2D eigenvalue weighted by molar-refractivity contribution is 6.02. The van der Waals surface area contributed by atoms with Gasteiger partial charge in [-0.2, -0.15) is 5.26 Å². The standard InChI is InChI=1S/C25H27N5O5/c1-27-23(31)12-18-8-9-20-22(35-18)14-34-21-10-7-17(11-19(21)24(32)30(20)2)29-25(33)28-16-5-3-15(13-26)4-6-16/h3-7,10-11,18,20,22H,8-9,12,14H2,1-2H3,(H,27,31)(H2,28,29,33)/t18-,20+,22-/m1/s1. The minimum Gasteiger partial charge on any atom is -0.490 e. The van der Waals surface area contributed by atoms with Crippen LogP contribution in [0.1, 0.15) is 35.2 Å². The van der Waals surface area contributed by atoms with Crippen LogP contribution < -0.4 is 20.7 Å². The van der Waals surface area contributed by atoms with Gasteiger partial charge in [0.1, 0.15) is 18.5 Å². The first-order valence-corrected chi connectivity index (χ1v) is 11.4. The highest BCUT2D eigenvalue weighted by Gasteiger charge is 2.39. The summed E-state index contributed by atoms with van der Waals surface area (Å²) < 4.78 is 12.1. The Hall–Kier alpha value is -4.10. The Morgan fingerprint density at radius 3 is 2.54 bits per heavy atom. The molecule has 1 saturated heterocycles. The fourth-order valence-electron chi connectivity index (χ4n) is 4.34. The second-order valence-electron chi connectivity index (χ2n) is 8.52. The van der Waals surface area contributed by atoms with Crippen molar-refractivity contribution < 1.29 is 23.9 Å². The molecule has 2 aliphatic heterocycles. The van der Waals surface area contributed by atoms with Gasteiger partial charge in [0.25, 0.3) is 5.91 Å². The van der Waals surface area contributed by atoms with E-state index in [1.54, 1.807) is 61.5 Å². The zero-order chi connectivity index (χ0) is 24.9. The van der Waals surface area contributed by atoms with Crippen molar-refractivity contribution in [2.45, 2.75) is 37.5 Å². The summed E-state index contributed by atoms with van der Waals surface area (Å²) in [5, 5.41) is 16.9. The second kappa shape index (κ2) is 10.4. The molecular weight excluding hydrogens is 450 g/mol. The third kappa shape index (κ3) is 5.53. The largest absolute Gasteiger partial charge is 0.490 e. The molecule has 1 fully saturated rings. The van der Waals surface area contributed by atoms with Crippen LogP contribution in [-0.2, 0) is 9.53 Å². The molecule has 4 amide bonds. The number of hydrogen-bond acceptors (Lipinski definition) is 6. The predicted octanol–water partition coefficient (Wildman–Crippen LogP) is 2.72. The summed E-state index contributed by atoms with van der Waals surface area (Å²) >= 11 is 0. The molecule has 3 atom stereocenters. The molecule has 3 N–H and O–H groups in total. The third-order valence-corrected chi connectivity index (χ3v) is 6.23. The SMILES string of the molecule is CNC(=O)C[C@H]1CC[C@H]2[C@@H](COc3ccc(NC(=O)Nc4ccc(C#N)cc4)cc3C(=O)N2C)O1. The van der Waals surface area contributed by atoms with Crippen LogP contribution in [0.25, 0.3) is 0 Å². The molecule has 0 unspecified atom stereocenters. The van der Waals surface area contributed by atoms with Crippen molar-refractivity contribution in [2.75, 3.05) is 31.3 Å². The van der Waals surface area contributed by atoms with E-state index < -0.39 is 6.03 Å². The molecule has 4 rings (SSSR count). The normalized spacial score (nSPS) is 21.2. The van der Waals surface area contributed by atoms with E-state index in [9.17, 15) is 14.4 Å². The van der Waals surface area contributed by atoms with Crippen molar-refractivity contribution in [3.8, 4) is 11.8 Å². The number of urea groups is 1. The van der Waals surface area contributed by atoms with E-state index in [1.165, 1.54) is 0 Å². The second-order valence-corrected chi connectivity index (χ2v) is 8.52. The van der Waals surface area contributed by atoms with Gasteiger partial charge < -0.3 is 30.3 Å². The summed E-state index contributed by atoms with van der Waals surface area (Å²) in [4.78, 5) is 39.1. The zero-order valence-corrected chi connectivity index (χ0v) is 19.5. The lowest BCUT2D eigenvalue weighted by molar-refractivity contribution is -0.133. The van der Waals surface area contributed by atoms with E-state index in [4.69, 9.17) is 14.7 Å². The molecule has 2 heterocycles. The monoisotopic (exact) mass is 477 g/mol. The number of ether oxygens (including phenoxy) is 2. The fourth-order valence-corrected chi connectivity index (χ4v) is 4.34. The van der Waals surface area contributed by atoms with Gasteiger partial charge in [0.15, 0.2) is 0 Å². The lowest BCUT2D eigenvalue weighted by Crippen LogP contribution is -2.53. The molecule has 0 spiro atoms. The zero-order valence-electron chi connectivity index (χ0n) is 19.5. The average Bonchev–Trinajstić information content (AvgIpc) is 2.86. The number of nitrogens with one attached hydrogen (secondary N) is 3. The Kier molecular flexibility index (Phi) is 7.17. The number of amides is 4. The first kappa shape index (κ1) is 24.0. The molecule has 35 heavy (non-hydrogen) atoms. The molecule has 10 nitrogen and oxygen atoms in total. The van der Waals surface area contributed by atoms with Gasteiger partial charge in [-0.15, -0.1) is 0 Å². The van der Waals surface area contributed by atoms with E-state index in [-0.39, 0.29) is 43.1 Å². The molecule has 2 aliphatic rings. The van der Waals surface area contributed by atoms with Crippen LogP contribution in [0.2, 0.25) is 0 Å². The molecule has 0 radical (unpaired) electrons. The molecule has 0 saturated carbocycles. The lowest BCUT2D eigenvalue weighted by atomic mass is 9.94. The number of anilines is 2. The first-order chi connectivity index (χ1) is 16.9. The van der Waals surface area contributed by atoms with Gasteiger partial charge in [0.2, 0.25) is 5.91 Å². The number of likely N-dealkylation sites (N-methyl/N-ethyl adjacent to an activating group) is 1. The Labute approximate surface area is 203 Å². The summed E-state index contributed by atoms with van der Waals surface area (Å²) in [6.45, 7) is 0.242. The Bertz CT molecular complexity index is 1160. The maximum atomic E-state index is 13.3. The third-order valence-electron chi connectivity index (χ3n) is 6.23. The molecule has 182 valence electrons. The fraction of sp³-hybridized carbons (Fsp3) is 0.360. The van der Waals surface area contributed by atoms with Crippen molar-refractivity contribution in [2.24, 2.45) is 0 Å². The number of benzene rings is 2. The Balaban J connectivity index is 1.45. The molecule has 0 bridgehead atoms. The average molecular weight is 478 g/mol. The topological polar surface area (TPSA) is 133 Å². The van der Waals surface area contributed by atoms with Crippen molar-refractivity contribution in [1.82, 2.24) is 10.2 Å². The molecule has 0 aromatic heterocycles. The number of carbonyl (C=O) groups excluding carboxylic acids is 3. The number of nitrogens with zero attached hydrogens (tertiary/aromatic N) is 2. The Morgan fingerprint density at radius 1 is 1.11 bits per heavy atom. The maximum Gasteiger partial charge on any atom is 0.323 e. The number of rotatable bonds is 4. The Morgan fingerprint density at radius 2 is 1.83 bits per heavy atom. The van der Waals surface area contributed by atoms with Gasteiger partial charge in [-0.3, -0.25) is 9.59 Å². The molecule has 0 aliphatic carbocycles. The van der Waals surface area contributed by atoms with E-state index in [2.05, 4.69) is 16.0 Å². The van der Waals surface area contributed by atoms with Crippen LogP contribution in [0.15, 0.2) is 42.5 Å². The van der Waals surface area contributed by atoms with Crippen LogP contribution in [0, 0.1) is 11.3 Å².